The second kappa shape index (κ2) is 19.7. The van der Waals surface area contributed by atoms with Crippen LogP contribution < -0.4 is 5.11 Å². The Morgan fingerprint density at radius 3 is 1.12 bits per heavy atom. The number of hydrogen-bond acceptors (Lipinski definition) is 2. The summed E-state index contributed by atoms with van der Waals surface area (Å²) in [6.07, 6.45) is 27.1. The molecule has 0 fully saturated rings. The molecule has 0 bridgehead atoms. The molecule has 0 spiro atoms. The SMILES string of the molecule is CCCCCCCCCCCCC(CCCCCCCCCCC)C(C)(C(=O)[O-])[N+](C)(C)C. The summed E-state index contributed by atoms with van der Waals surface area (Å²) in [5, 5.41) is 12.3. The lowest BCUT2D eigenvalue weighted by Gasteiger charge is -2.49. The highest BCUT2D eigenvalue weighted by Gasteiger charge is 2.46. The molecule has 0 aliphatic carbocycles. The molecule has 0 aromatic carbocycles. The van der Waals surface area contributed by atoms with E-state index in [1.54, 1.807) is 0 Å². The van der Waals surface area contributed by atoms with Gasteiger partial charge in [-0.2, -0.15) is 0 Å². The van der Waals surface area contributed by atoms with Crippen LogP contribution in [-0.4, -0.2) is 37.1 Å². The normalized spacial score (nSPS) is 14.8. The average Bonchev–Trinajstić information content (AvgIpc) is 2.76. The van der Waals surface area contributed by atoms with Crippen molar-refractivity contribution in [3.05, 3.63) is 0 Å². The Hall–Kier alpha value is -0.570. The first kappa shape index (κ1) is 32.4. The van der Waals surface area contributed by atoms with Gasteiger partial charge in [-0.05, 0) is 19.8 Å². The van der Waals surface area contributed by atoms with E-state index in [2.05, 4.69) is 13.8 Å². The molecular weight excluding hydrogens is 406 g/mol. The molecule has 0 radical (unpaired) electrons. The summed E-state index contributed by atoms with van der Waals surface area (Å²) < 4.78 is 0.440. The minimum absolute atomic E-state index is 0.195. The lowest BCUT2D eigenvalue weighted by molar-refractivity contribution is -0.918. The smallest absolute Gasteiger partial charge is 0.139 e. The minimum Gasteiger partial charge on any atom is -0.544 e. The Balaban J connectivity index is 4.42. The molecular formula is C30H61NO2. The molecule has 0 amide bonds. The van der Waals surface area contributed by atoms with Gasteiger partial charge in [0.2, 0.25) is 0 Å². The largest absolute Gasteiger partial charge is 0.544 e. The molecule has 3 nitrogen and oxygen atoms in total. The highest BCUT2D eigenvalue weighted by atomic mass is 16.4. The predicted octanol–water partition coefficient (Wildman–Crippen LogP) is 8.05. The van der Waals surface area contributed by atoms with Gasteiger partial charge in [0.1, 0.15) is 11.5 Å². The minimum atomic E-state index is -0.872. The number of carboxylic acids is 1. The van der Waals surface area contributed by atoms with Crippen LogP contribution in [0.4, 0.5) is 0 Å². The van der Waals surface area contributed by atoms with E-state index in [4.69, 9.17) is 0 Å². The van der Waals surface area contributed by atoms with E-state index in [-0.39, 0.29) is 5.92 Å². The fourth-order valence-corrected chi connectivity index (χ4v) is 5.27. The van der Waals surface area contributed by atoms with Crippen LogP contribution in [0.3, 0.4) is 0 Å². The molecule has 2 atom stereocenters. The molecule has 0 saturated heterocycles. The number of likely N-dealkylation sites (N-methyl/N-ethyl adjacent to an activating group) is 1. The number of quaternary nitrogens is 1. The summed E-state index contributed by atoms with van der Waals surface area (Å²) in [6, 6.07) is 0. The zero-order chi connectivity index (χ0) is 25.0. The van der Waals surface area contributed by atoms with Crippen LogP contribution in [0.2, 0.25) is 0 Å². The van der Waals surface area contributed by atoms with E-state index in [1.165, 1.54) is 109 Å². The lowest BCUT2D eigenvalue weighted by Crippen LogP contribution is -2.68. The van der Waals surface area contributed by atoms with Gasteiger partial charge in [-0.15, -0.1) is 0 Å². The standard InChI is InChI=1S/C30H61NO2/c1-7-9-11-13-15-17-19-21-23-25-27-28(30(3,29(32)33)31(4,5)6)26-24-22-20-18-16-14-12-10-8-2/h28H,7-27H2,1-6H3. The van der Waals surface area contributed by atoms with Gasteiger partial charge in [-0.3, -0.25) is 0 Å². The topological polar surface area (TPSA) is 40.1 Å². The number of unbranched alkanes of at least 4 members (excludes halogenated alkanes) is 17. The number of hydrogen-bond donors (Lipinski definition) is 0. The third kappa shape index (κ3) is 14.4. The monoisotopic (exact) mass is 467 g/mol. The summed E-state index contributed by atoms with van der Waals surface area (Å²) in [5.41, 5.74) is -0.820. The van der Waals surface area contributed by atoms with Crippen LogP contribution in [0.1, 0.15) is 156 Å². The van der Waals surface area contributed by atoms with Gasteiger partial charge < -0.3 is 14.4 Å². The first-order valence-corrected chi connectivity index (χ1v) is 14.7. The van der Waals surface area contributed by atoms with Crippen molar-refractivity contribution in [3.63, 3.8) is 0 Å². The van der Waals surface area contributed by atoms with Crippen molar-refractivity contribution in [3.8, 4) is 0 Å². The van der Waals surface area contributed by atoms with E-state index in [9.17, 15) is 9.90 Å². The van der Waals surface area contributed by atoms with Crippen LogP contribution >= 0.6 is 0 Å². The second-order valence-corrected chi connectivity index (χ2v) is 11.7. The Morgan fingerprint density at radius 2 is 0.879 bits per heavy atom. The van der Waals surface area contributed by atoms with Gasteiger partial charge in [0.15, 0.2) is 0 Å². The Morgan fingerprint density at radius 1 is 0.606 bits per heavy atom. The lowest BCUT2D eigenvalue weighted by atomic mass is 9.76. The van der Waals surface area contributed by atoms with Gasteiger partial charge in [0.25, 0.3) is 0 Å². The van der Waals surface area contributed by atoms with E-state index in [0.29, 0.717) is 4.48 Å². The molecule has 0 aliphatic heterocycles. The maximum Gasteiger partial charge on any atom is 0.139 e. The first-order valence-electron chi connectivity index (χ1n) is 14.7. The highest BCUT2D eigenvalue weighted by molar-refractivity contribution is 5.75. The summed E-state index contributed by atoms with van der Waals surface area (Å²) in [5.74, 6) is -0.677. The molecule has 0 aromatic rings. The van der Waals surface area contributed by atoms with Crippen molar-refractivity contribution >= 4 is 5.97 Å². The first-order chi connectivity index (χ1) is 15.7. The van der Waals surface area contributed by atoms with Crippen molar-refractivity contribution in [2.24, 2.45) is 5.92 Å². The number of aliphatic carboxylic acids is 1. The van der Waals surface area contributed by atoms with E-state index < -0.39 is 11.5 Å². The van der Waals surface area contributed by atoms with Crippen LogP contribution in [-0.2, 0) is 4.79 Å². The number of carbonyl (C=O) groups excluding carboxylic acids is 1. The molecule has 3 heteroatoms. The fraction of sp³-hybridized carbons (Fsp3) is 0.967. The molecule has 33 heavy (non-hydrogen) atoms. The Kier molecular flexibility index (Phi) is 19.4. The van der Waals surface area contributed by atoms with Crippen molar-refractivity contribution in [1.29, 1.82) is 0 Å². The average molecular weight is 468 g/mol. The molecule has 0 rings (SSSR count). The summed E-state index contributed by atoms with van der Waals surface area (Å²) in [7, 11) is 6.08. The maximum atomic E-state index is 12.3. The molecule has 198 valence electrons. The molecule has 0 aromatic heterocycles. The molecule has 0 N–H and O–H groups in total. The zero-order valence-electron chi connectivity index (χ0n) is 23.7. The van der Waals surface area contributed by atoms with Crippen molar-refractivity contribution in [1.82, 2.24) is 0 Å². The second-order valence-electron chi connectivity index (χ2n) is 11.7. The Bertz CT molecular complexity index is 457. The van der Waals surface area contributed by atoms with Crippen LogP contribution in [0.25, 0.3) is 0 Å². The van der Waals surface area contributed by atoms with Crippen molar-refractivity contribution in [2.75, 3.05) is 21.1 Å². The van der Waals surface area contributed by atoms with E-state index in [0.717, 1.165) is 25.7 Å². The number of rotatable bonds is 24. The van der Waals surface area contributed by atoms with Crippen LogP contribution in [0, 0.1) is 5.92 Å². The van der Waals surface area contributed by atoms with Gasteiger partial charge in [-0.1, -0.05) is 136 Å². The molecule has 0 aliphatic rings. The number of carbonyl (C=O) groups is 1. The Labute approximate surface area is 208 Å². The van der Waals surface area contributed by atoms with Crippen molar-refractivity contribution < 1.29 is 14.4 Å². The van der Waals surface area contributed by atoms with Gasteiger partial charge in [0, 0.05) is 5.92 Å². The number of carboxylic acid groups (broad SMARTS) is 1. The maximum absolute atomic E-state index is 12.3. The third-order valence-corrected chi connectivity index (χ3v) is 8.16. The molecule has 2 unspecified atom stereocenters. The van der Waals surface area contributed by atoms with Gasteiger partial charge in [0.05, 0.1) is 21.1 Å². The summed E-state index contributed by atoms with van der Waals surface area (Å²) in [4.78, 5) is 12.3. The summed E-state index contributed by atoms with van der Waals surface area (Å²) in [6.45, 7) is 6.48. The van der Waals surface area contributed by atoms with Gasteiger partial charge >= 0.3 is 0 Å². The third-order valence-electron chi connectivity index (χ3n) is 8.16. The van der Waals surface area contributed by atoms with E-state index >= 15 is 0 Å². The van der Waals surface area contributed by atoms with Crippen LogP contribution in [0.5, 0.6) is 0 Å². The van der Waals surface area contributed by atoms with E-state index in [1.807, 2.05) is 28.1 Å². The van der Waals surface area contributed by atoms with Crippen molar-refractivity contribution in [2.45, 2.75) is 161 Å². The van der Waals surface area contributed by atoms with Gasteiger partial charge in [-0.25, -0.2) is 0 Å². The zero-order valence-corrected chi connectivity index (χ0v) is 23.7. The quantitative estimate of drug-likeness (QED) is 0.106. The van der Waals surface area contributed by atoms with Crippen LogP contribution in [0.15, 0.2) is 0 Å². The predicted molar refractivity (Wildman–Crippen MR) is 143 cm³/mol. The number of nitrogens with zero attached hydrogens (tertiary/aromatic N) is 1. The molecule has 0 heterocycles. The molecule has 0 saturated carbocycles. The highest BCUT2D eigenvalue weighted by Crippen LogP contribution is 2.35. The fourth-order valence-electron chi connectivity index (χ4n) is 5.27. The summed E-state index contributed by atoms with van der Waals surface area (Å²) >= 11 is 0.